The highest BCUT2D eigenvalue weighted by Crippen LogP contribution is 2.12. The van der Waals surface area contributed by atoms with Crippen LogP contribution in [0.15, 0.2) is 36.0 Å². The predicted octanol–water partition coefficient (Wildman–Crippen LogP) is 2.99. The van der Waals surface area contributed by atoms with E-state index in [4.69, 9.17) is 15.3 Å². The van der Waals surface area contributed by atoms with Crippen molar-refractivity contribution in [3.63, 3.8) is 0 Å². The number of nitriles is 2. The van der Waals surface area contributed by atoms with E-state index in [-0.39, 0.29) is 11.5 Å². The first-order chi connectivity index (χ1) is 9.71. The molecule has 0 aliphatic rings. The van der Waals surface area contributed by atoms with Gasteiger partial charge in [0.1, 0.15) is 17.7 Å². The minimum absolute atomic E-state index is 0.0408. The van der Waals surface area contributed by atoms with Crippen LogP contribution in [0.3, 0.4) is 0 Å². The quantitative estimate of drug-likeness (QED) is 0.487. The molecule has 0 saturated heterocycles. The molecule has 0 heterocycles. The molecule has 0 saturated carbocycles. The largest absolute Gasteiger partial charge is 0.462 e. The van der Waals surface area contributed by atoms with Gasteiger partial charge in [-0.15, -0.1) is 0 Å². The Morgan fingerprint density at radius 3 is 2.80 bits per heavy atom. The van der Waals surface area contributed by atoms with E-state index in [0.29, 0.717) is 17.9 Å². The van der Waals surface area contributed by atoms with Gasteiger partial charge in [0.2, 0.25) is 0 Å². The maximum atomic E-state index is 11.8. The lowest BCUT2D eigenvalue weighted by atomic mass is 10.2. The van der Waals surface area contributed by atoms with Crippen molar-refractivity contribution in [2.75, 3.05) is 11.9 Å². The third kappa shape index (κ3) is 4.83. The summed E-state index contributed by atoms with van der Waals surface area (Å²) >= 11 is 0. The molecule has 5 nitrogen and oxygen atoms in total. The van der Waals surface area contributed by atoms with Gasteiger partial charge in [0.05, 0.1) is 12.2 Å². The van der Waals surface area contributed by atoms with E-state index >= 15 is 0 Å². The Kier molecular flexibility index (Phi) is 6.36. The average Bonchev–Trinajstić information content (AvgIpc) is 2.49. The van der Waals surface area contributed by atoms with Crippen LogP contribution in [0.1, 0.15) is 30.1 Å². The second kappa shape index (κ2) is 8.34. The van der Waals surface area contributed by atoms with Gasteiger partial charge in [-0.1, -0.05) is 19.4 Å². The first-order valence-corrected chi connectivity index (χ1v) is 6.25. The van der Waals surface area contributed by atoms with Crippen molar-refractivity contribution in [2.45, 2.75) is 19.8 Å². The van der Waals surface area contributed by atoms with Gasteiger partial charge in [-0.25, -0.2) is 4.79 Å². The number of benzene rings is 1. The molecular formula is C15H15N3O2. The maximum absolute atomic E-state index is 11.8. The van der Waals surface area contributed by atoms with Gasteiger partial charge < -0.3 is 10.1 Å². The number of ether oxygens (including phenoxy) is 1. The molecule has 1 rings (SSSR count). The summed E-state index contributed by atoms with van der Waals surface area (Å²) in [5.41, 5.74) is 0.994. The fourth-order valence-electron chi connectivity index (χ4n) is 1.37. The summed E-state index contributed by atoms with van der Waals surface area (Å²) in [6.45, 7) is 2.42. The van der Waals surface area contributed by atoms with Crippen LogP contribution in [0, 0.1) is 22.7 Å². The molecule has 1 N–H and O–H groups in total. The van der Waals surface area contributed by atoms with E-state index < -0.39 is 0 Å². The van der Waals surface area contributed by atoms with Crippen LogP contribution in [-0.2, 0) is 4.74 Å². The Bertz CT molecular complexity index is 564. The molecule has 0 aliphatic heterocycles. The third-order valence-corrected chi connectivity index (χ3v) is 2.45. The number of rotatable bonds is 6. The number of anilines is 1. The van der Waals surface area contributed by atoms with Crippen molar-refractivity contribution in [1.82, 2.24) is 0 Å². The lowest BCUT2D eigenvalue weighted by Crippen LogP contribution is -2.06. The van der Waals surface area contributed by atoms with E-state index in [2.05, 4.69) is 5.32 Å². The van der Waals surface area contributed by atoms with Gasteiger partial charge in [-0.3, -0.25) is 0 Å². The summed E-state index contributed by atoms with van der Waals surface area (Å²) in [5, 5.41) is 20.0. The summed E-state index contributed by atoms with van der Waals surface area (Å²) < 4.78 is 5.10. The molecule has 1 aromatic rings. The van der Waals surface area contributed by atoms with Crippen LogP contribution in [0.5, 0.6) is 0 Å². The molecule has 5 heteroatoms. The van der Waals surface area contributed by atoms with Crippen LogP contribution < -0.4 is 5.32 Å². The number of hydrogen-bond acceptors (Lipinski definition) is 5. The molecule has 0 atom stereocenters. The second-order valence-corrected chi connectivity index (χ2v) is 4.00. The zero-order valence-electron chi connectivity index (χ0n) is 11.2. The summed E-state index contributed by atoms with van der Waals surface area (Å²) in [7, 11) is 0. The van der Waals surface area contributed by atoms with Gasteiger partial charge in [0, 0.05) is 11.9 Å². The molecule has 0 aliphatic carbocycles. The minimum Gasteiger partial charge on any atom is -0.462 e. The number of allylic oxidation sites excluding steroid dienone is 1. The molecule has 0 fully saturated rings. The summed E-state index contributed by atoms with van der Waals surface area (Å²) in [6, 6.07) is 10.2. The van der Waals surface area contributed by atoms with Crippen molar-refractivity contribution in [1.29, 1.82) is 10.5 Å². The zero-order chi connectivity index (χ0) is 14.8. The summed E-state index contributed by atoms with van der Waals surface area (Å²) in [6.07, 6.45) is 3.09. The smallest absolute Gasteiger partial charge is 0.338 e. The number of esters is 1. The fraction of sp³-hybridized carbons (Fsp3) is 0.267. The van der Waals surface area contributed by atoms with Crippen molar-refractivity contribution >= 4 is 11.7 Å². The highest BCUT2D eigenvalue weighted by molar-refractivity contribution is 5.90. The number of unbranched alkanes of at least 4 members (excludes halogenated alkanes) is 1. The van der Waals surface area contributed by atoms with Crippen LogP contribution in [0.2, 0.25) is 0 Å². The van der Waals surface area contributed by atoms with E-state index in [0.717, 1.165) is 12.8 Å². The number of nitrogens with one attached hydrogen (secondary N) is 1. The van der Waals surface area contributed by atoms with E-state index in [1.807, 2.05) is 6.92 Å². The highest BCUT2D eigenvalue weighted by Gasteiger charge is 2.07. The molecular weight excluding hydrogens is 254 g/mol. The minimum atomic E-state index is -0.383. The summed E-state index contributed by atoms with van der Waals surface area (Å²) in [4.78, 5) is 11.8. The first-order valence-electron chi connectivity index (χ1n) is 6.25. The lowest BCUT2D eigenvalue weighted by molar-refractivity contribution is 0.0500. The van der Waals surface area contributed by atoms with Crippen LogP contribution in [0.25, 0.3) is 0 Å². The average molecular weight is 269 g/mol. The third-order valence-electron chi connectivity index (χ3n) is 2.45. The monoisotopic (exact) mass is 269 g/mol. The van der Waals surface area contributed by atoms with Crippen LogP contribution in [-0.4, -0.2) is 12.6 Å². The molecule has 20 heavy (non-hydrogen) atoms. The van der Waals surface area contributed by atoms with Crippen LogP contribution >= 0.6 is 0 Å². The van der Waals surface area contributed by atoms with Crippen molar-refractivity contribution in [2.24, 2.45) is 0 Å². The maximum Gasteiger partial charge on any atom is 0.338 e. The standard InChI is InChI=1S/C15H15N3O2/c1-2-3-7-20-15(19)13-5-4-6-14(8-13)18-11-12(9-16)10-17/h4-6,8,11,18H,2-3,7H2,1H3. The first kappa shape index (κ1) is 15.3. The number of nitrogens with zero attached hydrogens (tertiary/aromatic N) is 2. The van der Waals surface area contributed by atoms with E-state index in [1.165, 1.54) is 6.20 Å². The number of hydrogen-bond donors (Lipinski definition) is 1. The molecule has 102 valence electrons. The Morgan fingerprint density at radius 1 is 1.40 bits per heavy atom. The van der Waals surface area contributed by atoms with Crippen LogP contribution in [0.4, 0.5) is 5.69 Å². The summed E-state index contributed by atoms with van der Waals surface area (Å²) in [5.74, 6) is -0.383. The Morgan fingerprint density at radius 2 is 2.15 bits per heavy atom. The normalized spacial score (nSPS) is 8.95. The molecule has 0 bridgehead atoms. The number of carbonyl (C=O) groups is 1. The Balaban J connectivity index is 2.71. The highest BCUT2D eigenvalue weighted by atomic mass is 16.5. The Hall–Kier alpha value is -2.79. The zero-order valence-corrected chi connectivity index (χ0v) is 11.2. The molecule has 0 radical (unpaired) electrons. The second-order valence-electron chi connectivity index (χ2n) is 4.00. The van der Waals surface area contributed by atoms with E-state index in [1.54, 1.807) is 36.4 Å². The molecule has 1 aromatic carbocycles. The Labute approximate surface area is 118 Å². The molecule has 0 amide bonds. The van der Waals surface area contributed by atoms with Gasteiger partial charge in [-0.2, -0.15) is 10.5 Å². The van der Waals surface area contributed by atoms with Gasteiger partial charge in [0.25, 0.3) is 0 Å². The van der Waals surface area contributed by atoms with Crippen molar-refractivity contribution in [3.8, 4) is 12.1 Å². The van der Waals surface area contributed by atoms with Crippen molar-refractivity contribution in [3.05, 3.63) is 41.6 Å². The topological polar surface area (TPSA) is 85.9 Å². The number of carbonyl (C=O) groups excluding carboxylic acids is 1. The van der Waals surface area contributed by atoms with E-state index in [9.17, 15) is 4.79 Å². The molecule has 0 unspecified atom stereocenters. The fourth-order valence-corrected chi connectivity index (χ4v) is 1.37. The molecule has 0 aromatic heterocycles. The van der Waals surface area contributed by atoms with Gasteiger partial charge in [0.15, 0.2) is 0 Å². The lowest BCUT2D eigenvalue weighted by Gasteiger charge is -2.06. The van der Waals surface area contributed by atoms with Gasteiger partial charge >= 0.3 is 5.97 Å². The van der Waals surface area contributed by atoms with Gasteiger partial charge in [-0.05, 0) is 24.6 Å². The van der Waals surface area contributed by atoms with Crippen molar-refractivity contribution < 1.29 is 9.53 Å². The SMILES string of the molecule is CCCCOC(=O)c1cccc(NC=C(C#N)C#N)c1. The molecule has 0 spiro atoms. The predicted molar refractivity (Wildman–Crippen MR) is 74.6 cm³/mol.